The molecule has 2 fully saturated rings. The van der Waals surface area contributed by atoms with Crippen molar-refractivity contribution >= 4 is 23.3 Å². The van der Waals surface area contributed by atoms with Gasteiger partial charge in [-0.3, -0.25) is 19.7 Å². The van der Waals surface area contributed by atoms with E-state index in [0.29, 0.717) is 13.0 Å². The number of carboxylic acid groups (broad SMARTS) is 1. The van der Waals surface area contributed by atoms with Gasteiger partial charge in [-0.15, -0.1) is 0 Å². The van der Waals surface area contributed by atoms with Crippen molar-refractivity contribution in [3.8, 4) is 0 Å². The van der Waals surface area contributed by atoms with E-state index >= 15 is 0 Å². The number of likely N-dealkylation sites (tertiary alicyclic amines) is 1. The molecule has 1 amide bonds. The van der Waals surface area contributed by atoms with Crippen LogP contribution in [0.4, 0.5) is 11.4 Å². The number of fused-ring (bicyclic) bond motifs is 1. The lowest BCUT2D eigenvalue weighted by molar-refractivity contribution is -0.383. The summed E-state index contributed by atoms with van der Waals surface area (Å²) < 4.78 is 0. The number of aliphatic carboxylic acids is 1. The van der Waals surface area contributed by atoms with Gasteiger partial charge in [0.15, 0.2) is 0 Å². The van der Waals surface area contributed by atoms with Crippen LogP contribution < -0.4 is 5.73 Å². The van der Waals surface area contributed by atoms with Gasteiger partial charge in [-0.2, -0.15) is 0 Å². The molecule has 122 valence electrons. The number of nitro groups is 1. The largest absolute Gasteiger partial charge is 0.481 e. The van der Waals surface area contributed by atoms with Gasteiger partial charge in [0.1, 0.15) is 5.69 Å². The van der Waals surface area contributed by atoms with Crippen molar-refractivity contribution < 1.29 is 19.6 Å². The van der Waals surface area contributed by atoms with E-state index in [1.165, 1.54) is 23.1 Å². The maximum atomic E-state index is 12.7. The SMILES string of the molecule is Nc1c(C(=O)N2C[C@@H]3CCC[C@@]3(C(=O)O)C2)cccc1[N+](=O)[O-]. The number of nitrogens with zero attached hydrogens (tertiary/aromatic N) is 2. The number of rotatable bonds is 3. The van der Waals surface area contributed by atoms with Gasteiger partial charge in [0.25, 0.3) is 11.6 Å². The summed E-state index contributed by atoms with van der Waals surface area (Å²) in [6.45, 7) is 0.487. The van der Waals surface area contributed by atoms with Crippen LogP contribution in [0.1, 0.15) is 29.6 Å². The minimum absolute atomic E-state index is 0.0553. The molecule has 1 aromatic carbocycles. The van der Waals surface area contributed by atoms with Crippen LogP contribution >= 0.6 is 0 Å². The molecular weight excluding hydrogens is 302 g/mol. The number of amides is 1. The molecule has 23 heavy (non-hydrogen) atoms. The highest BCUT2D eigenvalue weighted by Gasteiger charge is 2.55. The first kappa shape index (κ1) is 15.3. The van der Waals surface area contributed by atoms with E-state index in [1.807, 2.05) is 0 Å². The van der Waals surface area contributed by atoms with Crippen molar-refractivity contribution in [3.05, 3.63) is 33.9 Å². The number of nitrogens with two attached hydrogens (primary N) is 1. The molecule has 1 aliphatic heterocycles. The molecule has 1 aliphatic carbocycles. The quantitative estimate of drug-likeness (QED) is 0.494. The Morgan fingerprint density at radius 1 is 1.43 bits per heavy atom. The first-order valence-electron chi connectivity index (χ1n) is 7.42. The molecule has 8 nitrogen and oxygen atoms in total. The van der Waals surface area contributed by atoms with E-state index in [4.69, 9.17) is 5.73 Å². The molecule has 1 saturated heterocycles. The Morgan fingerprint density at radius 2 is 2.17 bits per heavy atom. The zero-order chi connectivity index (χ0) is 16.8. The summed E-state index contributed by atoms with van der Waals surface area (Å²) >= 11 is 0. The Morgan fingerprint density at radius 3 is 2.78 bits per heavy atom. The highest BCUT2D eigenvalue weighted by Crippen LogP contribution is 2.49. The summed E-state index contributed by atoms with van der Waals surface area (Å²) in [5.74, 6) is -1.38. The fourth-order valence-corrected chi connectivity index (χ4v) is 3.86. The van der Waals surface area contributed by atoms with Gasteiger partial charge >= 0.3 is 5.97 Å². The topological polar surface area (TPSA) is 127 Å². The molecular formula is C15H17N3O5. The lowest BCUT2D eigenvalue weighted by atomic mass is 9.81. The molecule has 0 bridgehead atoms. The number of hydrogen-bond donors (Lipinski definition) is 2. The van der Waals surface area contributed by atoms with Crippen LogP contribution in [-0.4, -0.2) is 39.9 Å². The lowest BCUT2D eigenvalue weighted by Crippen LogP contribution is -2.37. The molecule has 3 N–H and O–H groups in total. The van der Waals surface area contributed by atoms with E-state index in [0.717, 1.165) is 12.8 Å². The van der Waals surface area contributed by atoms with Gasteiger partial charge in [0.2, 0.25) is 0 Å². The van der Waals surface area contributed by atoms with Crippen molar-refractivity contribution in [2.75, 3.05) is 18.8 Å². The molecule has 1 saturated carbocycles. The second-order valence-corrected chi connectivity index (χ2v) is 6.23. The number of carbonyl (C=O) groups is 2. The summed E-state index contributed by atoms with van der Waals surface area (Å²) in [7, 11) is 0. The Hall–Kier alpha value is -2.64. The monoisotopic (exact) mass is 319 g/mol. The maximum absolute atomic E-state index is 12.7. The molecule has 2 atom stereocenters. The van der Waals surface area contributed by atoms with Gasteiger partial charge < -0.3 is 15.7 Å². The predicted octanol–water partition coefficient (Wildman–Crippen LogP) is 1.50. The van der Waals surface area contributed by atoms with Gasteiger partial charge in [0, 0.05) is 19.2 Å². The third kappa shape index (κ3) is 2.21. The first-order chi connectivity index (χ1) is 10.9. The van der Waals surface area contributed by atoms with Crippen molar-refractivity contribution in [1.29, 1.82) is 0 Å². The fraction of sp³-hybridized carbons (Fsp3) is 0.467. The van der Waals surface area contributed by atoms with Crippen LogP contribution in [0.25, 0.3) is 0 Å². The number of para-hydroxylation sites is 1. The zero-order valence-corrected chi connectivity index (χ0v) is 12.4. The Kier molecular flexibility index (Phi) is 3.46. The van der Waals surface area contributed by atoms with Gasteiger partial charge in [-0.05, 0) is 24.8 Å². The molecule has 0 spiro atoms. The summed E-state index contributed by atoms with van der Waals surface area (Å²) in [6.07, 6.45) is 2.18. The van der Waals surface area contributed by atoms with E-state index in [1.54, 1.807) is 0 Å². The van der Waals surface area contributed by atoms with E-state index in [9.17, 15) is 24.8 Å². The maximum Gasteiger partial charge on any atom is 0.311 e. The Balaban J connectivity index is 1.90. The number of benzene rings is 1. The Bertz CT molecular complexity index is 704. The molecule has 2 aliphatic rings. The van der Waals surface area contributed by atoms with Crippen LogP contribution in [0, 0.1) is 21.4 Å². The second kappa shape index (κ2) is 5.22. The smallest absolute Gasteiger partial charge is 0.311 e. The van der Waals surface area contributed by atoms with Crippen LogP contribution in [0.5, 0.6) is 0 Å². The third-order valence-electron chi connectivity index (χ3n) is 5.09. The molecule has 0 radical (unpaired) electrons. The molecule has 0 aromatic heterocycles. The average Bonchev–Trinajstić information content (AvgIpc) is 3.04. The van der Waals surface area contributed by atoms with E-state index < -0.39 is 22.2 Å². The summed E-state index contributed by atoms with van der Waals surface area (Å²) in [4.78, 5) is 36.1. The molecule has 1 aromatic rings. The van der Waals surface area contributed by atoms with Crippen LogP contribution in [0.3, 0.4) is 0 Å². The summed E-state index contributed by atoms with van der Waals surface area (Å²) in [5, 5.41) is 20.5. The van der Waals surface area contributed by atoms with E-state index in [-0.39, 0.29) is 29.4 Å². The van der Waals surface area contributed by atoms with Crippen molar-refractivity contribution in [2.24, 2.45) is 11.3 Å². The standard InChI is InChI=1S/C15H17N3O5/c16-12-10(4-1-5-11(12)18(22)23)13(19)17-7-9-3-2-6-15(9,8-17)14(20)21/h1,4-5,9H,2-3,6-8,16H2,(H,20,21)/t9-,15+/m0/s1. The van der Waals surface area contributed by atoms with Gasteiger partial charge in [-0.1, -0.05) is 12.5 Å². The van der Waals surface area contributed by atoms with Crippen molar-refractivity contribution in [3.63, 3.8) is 0 Å². The minimum Gasteiger partial charge on any atom is -0.481 e. The second-order valence-electron chi connectivity index (χ2n) is 6.23. The molecule has 1 heterocycles. The van der Waals surface area contributed by atoms with Crippen LogP contribution in [0.2, 0.25) is 0 Å². The first-order valence-corrected chi connectivity index (χ1v) is 7.42. The number of carbonyl (C=O) groups excluding carboxylic acids is 1. The zero-order valence-electron chi connectivity index (χ0n) is 12.4. The number of hydrogen-bond acceptors (Lipinski definition) is 5. The summed E-state index contributed by atoms with van der Waals surface area (Å²) in [5.41, 5.74) is 4.43. The predicted molar refractivity (Wildman–Crippen MR) is 80.8 cm³/mol. The van der Waals surface area contributed by atoms with Crippen LogP contribution in [0.15, 0.2) is 18.2 Å². The Labute approximate surface area is 132 Å². The number of carboxylic acids is 1. The van der Waals surface area contributed by atoms with E-state index in [2.05, 4.69) is 0 Å². The average molecular weight is 319 g/mol. The van der Waals surface area contributed by atoms with Crippen molar-refractivity contribution in [1.82, 2.24) is 4.90 Å². The third-order valence-corrected chi connectivity index (χ3v) is 5.09. The van der Waals surface area contributed by atoms with Gasteiger partial charge in [-0.25, -0.2) is 0 Å². The highest BCUT2D eigenvalue weighted by molar-refractivity contribution is 6.01. The number of nitro benzene ring substituents is 1. The van der Waals surface area contributed by atoms with Gasteiger partial charge in [0.05, 0.1) is 15.9 Å². The fourth-order valence-electron chi connectivity index (χ4n) is 3.86. The number of anilines is 1. The normalized spacial score (nSPS) is 26.1. The lowest BCUT2D eigenvalue weighted by Gasteiger charge is -2.23. The molecule has 8 heteroatoms. The molecule has 0 unspecified atom stereocenters. The highest BCUT2D eigenvalue weighted by atomic mass is 16.6. The van der Waals surface area contributed by atoms with Crippen LogP contribution in [-0.2, 0) is 4.79 Å². The number of nitrogen functional groups attached to an aromatic ring is 1. The van der Waals surface area contributed by atoms with Crippen molar-refractivity contribution in [2.45, 2.75) is 19.3 Å². The summed E-state index contributed by atoms with van der Waals surface area (Å²) in [6, 6.07) is 4.08. The molecule has 3 rings (SSSR count). The minimum atomic E-state index is -0.884.